The molecule has 1 saturated carbocycles. The van der Waals surface area contributed by atoms with Gasteiger partial charge in [-0.3, -0.25) is 4.79 Å². The molecule has 3 N–H and O–H groups in total. The zero-order chi connectivity index (χ0) is 12.7. The highest BCUT2D eigenvalue weighted by Crippen LogP contribution is 2.29. The minimum absolute atomic E-state index is 0.206. The van der Waals surface area contributed by atoms with Crippen LogP contribution in [0.25, 0.3) is 0 Å². The second-order valence-corrected chi connectivity index (χ2v) is 6.48. The molecule has 1 aliphatic rings. The Hall–Kier alpha value is -0.220. The van der Waals surface area contributed by atoms with Gasteiger partial charge in [0.25, 0.3) is 0 Å². The fraction of sp³-hybridized carbons (Fsp3) is 0.923. The van der Waals surface area contributed by atoms with Crippen LogP contribution in [-0.2, 0) is 4.79 Å². The van der Waals surface area contributed by atoms with Crippen molar-refractivity contribution in [1.82, 2.24) is 5.32 Å². The Morgan fingerprint density at radius 1 is 1.53 bits per heavy atom. The molecule has 0 spiro atoms. The van der Waals surface area contributed by atoms with E-state index in [1.54, 1.807) is 0 Å². The number of rotatable bonds is 7. The monoisotopic (exact) mass is 258 g/mol. The molecular weight excluding hydrogens is 232 g/mol. The second-order valence-electron chi connectivity index (χ2n) is 4.97. The smallest absolute Gasteiger partial charge is 0.220 e. The van der Waals surface area contributed by atoms with Gasteiger partial charge in [-0.2, -0.15) is 11.8 Å². The van der Waals surface area contributed by atoms with Gasteiger partial charge in [0.1, 0.15) is 0 Å². The number of thioether (sulfide) groups is 1. The maximum atomic E-state index is 11.8. The van der Waals surface area contributed by atoms with Crippen molar-refractivity contribution >= 4 is 17.7 Å². The number of nitrogens with two attached hydrogens (primary N) is 1. The molecule has 17 heavy (non-hydrogen) atoms. The van der Waals surface area contributed by atoms with Crippen LogP contribution in [0.4, 0.5) is 0 Å². The summed E-state index contributed by atoms with van der Waals surface area (Å²) < 4.78 is 0. The van der Waals surface area contributed by atoms with Gasteiger partial charge in [-0.15, -0.1) is 0 Å². The highest BCUT2D eigenvalue weighted by atomic mass is 32.2. The van der Waals surface area contributed by atoms with Crippen LogP contribution in [0.1, 0.15) is 52.4 Å². The molecule has 100 valence electrons. The average Bonchev–Trinajstić information content (AvgIpc) is 2.66. The van der Waals surface area contributed by atoms with Crippen LogP contribution in [-0.4, -0.2) is 29.0 Å². The summed E-state index contributed by atoms with van der Waals surface area (Å²) in [6, 6.07) is 0.612. The van der Waals surface area contributed by atoms with Crippen LogP contribution in [0, 0.1) is 0 Å². The molecule has 3 atom stereocenters. The molecule has 3 unspecified atom stereocenters. The molecular formula is C13H26N2OS. The van der Waals surface area contributed by atoms with Crippen molar-refractivity contribution in [3.8, 4) is 0 Å². The van der Waals surface area contributed by atoms with Crippen molar-refractivity contribution in [3.05, 3.63) is 0 Å². The first-order chi connectivity index (χ1) is 8.13. The second kappa shape index (κ2) is 7.98. The minimum atomic E-state index is 0.206. The largest absolute Gasteiger partial charge is 0.352 e. The Kier molecular flexibility index (Phi) is 6.97. The van der Waals surface area contributed by atoms with E-state index < -0.39 is 0 Å². The fourth-order valence-corrected chi connectivity index (χ4v) is 3.57. The van der Waals surface area contributed by atoms with Gasteiger partial charge >= 0.3 is 0 Å². The number of hydrogen-bond donors (Lipinski definition) is 2. The predicted octanol–water partition coefficient (Wildman–Crippen LogP) is 2.29. The minimum Gasteiger partial charge on any atom is -0.352 e. The van der Waals surface area contributed by atoms with Crippen LogP contribution in [0.3, 0.4) is 0 Å². The average molecular weight is 258 g/mol. The summed E-state index contributed by atoms with van der Waals surface area (Å²) in [5.74, 6) is 1.35. The topological polar surface area (TPSA) is 55.1 Å². The van der Waals surface area contributed by atoms with Gasteiger partial charge in [0, 0.05) is 23.8 Å². The first-order valence-electron chi connectivity index (χ1n) is 6.80. The van der Waals surface area contributed by atoms with Crippen molar-refractivity contribution in [1.29, 1.82) is 0 Å². The van der Waals surface area contributed by atoms with Crippen molar-refractivity contribution in [2.24, 2.45) is 5.73 Å². The van der Waals surface area contributed by atoms with Gasteiger partial charge in [-0.1, -0.05) is 13.3 Å². The fourth-order valence-electron chi connectivity index (χ4n) is 2.37. The first-order valence-corrected chi connectivity index (χ1v) is 7.85. The van der Waals surface area contributed by atoms with E-state index in [0.717, 1.165) is 25.0 Å². The van der Waals surface area contributed by atoms with Crippen LogP contribution in [0.5, 0.6) is 0 Å². The molecule has 0 bridgehead atoms. The normalized spacial score (nSPS) is 25.8. The third-order valence-electron chi connectivity index (χ3n) is 3.24. The maximum absolute atomic E-state index is 11.8. The SMILES string of the molecule is CCSC1CCCC1NC(=O)CCCC(C)N. The summed E-state index contributed by atoms with van der Waals surface area (Å²) in [6.45, 7) is 4.17. The van der Waals surface area contributed by atoms with E-state index in [-0.39, 0.29) is 11.9 Å². The lowest BCUT2D eigenvalue weighted by molar-refractivity contribution is -0.121. The Bertz CT molecular complexity index is 233. The van der Waals surface area contributed by atoms with E-state index >= 15 is 0 Å². The van der Waals surface area contributed by atoms with Gasteiger partial charge in [-0.05, 0) is 38.4 Å². The molecule has 3 nitrogen and oxygen atoms in total. The van der Waals surface area contributed by atoms with Crippen LogP contribution >= 0.6 is 11.8 Å². The van der Waals surface area contributed by atoms with E-state index in [1.165, 1.54) is 12.8 Å². The van der Waals surface area contributed by atoms with E-state index in [9.17, 15) is 4.79 Å². The summed E-state index contributed by atoms with van der Waals surface area (Å²) in [4.78, 5) is 11.8. The standard InChI is InChI=1S/C13H26N2OS/c1-3-17-12-8-5-7-11(12)15-13(16)9-4-6-10(2)14/h10-12H,3-9,14H2,1-2H3,(H,15,16). The third-order valence-corrected chi connectivity index (χ3v) is 4.57. The Morgan fingerprint density at radius 3 is 2.94 bits per heavy atom. The van der Waals surface area contributed by atoms with E-state index in [0.29, 0.717) is 17.7 Å². The number of amides is 1. The Balaban J connectivity index is 2.20. The molecule has 1 fully saturated rings. The maximum Gasteiger partial charge on any atom is 0.220 e. The summed E-state index contributed by atoms with van der Waals surface area (Å²) >= 11 is 1.98. The van der Waals surface area contributed by atoms with Gasteiger partial charge in [0.15, 0.2) is 0 Å². The molecule has 0 radical (unpaired) electrons. The molecule has 1 amide bonds. The molecule has 0 saturated heterocycles. The number of nitrogens with one attached hydrogen (secondary N) is 1. The molecule has 4 heteroatoms. The summed E-state index contributed by atoms with van der Waals surface area (Å²) in [5.41, 5.74) is 5.67. The van der Waals surface area contributed by atoms with Gasteiger partial charge in [-0.25, -0.2) is 0 Å². The van der Waals surface area contributed by atoms with Crippen molar-refractivity contribution < 1.29 is 4.79 Å². The predicted molar refractivity (Wildman–Crippen MR) is 75.2 cm³/mol. The lowest BCUT2D eigenvalue weighted by atomic mass is 10.1. The zero-order valence-electron chi connectivity index (χ0n) is 11.1. The molecule has 0 aromatic rings. The van der Waals surface area contributed by atoms with Crippen LogP contribution < -0.4 is 11.1 Å². The van der Waals surface area contributed by atoms with Crippen molar-refractivity contribution in [3.63, 3.8) is 0 Å². The molecule has 1 aliphatic carbocycles. The summed E-state index contributed by atoms with van der Waals surface area (Å²) in [5, 5.41) is 3.82. The van der Waals surface area contributed by atoms with Crippen molar-refractivity contribution in [2.75, 3.05) is 5.75 Å². The van der Waals surface area contributed by atoms with Gasteiger partial charge in [0.2, 0.25) is 5.91 Å². The van der Waals surface area contributed by atoms with Crippen LogP contribution in [0.15, 0.2) is 0 Å². The molecule has 0 aromatic heterocycles. The number of hydrogen-bond acceptors (Lipinski definition) is 3. The zero-order valence-corrected chi connectivity index (χ0v) is 11.9. The highest BCUT2D eigenvalue weighted by Gasteiger charge is 2.28. The lowest BCUT2D eigenvalue weighted by Crippen LogP contribution is -2.38. The quantitative estimate of drug-likeness (QED) is 0.736. The first kappa shape index (κ1) is 14.8. The highest BCUT2D eigenvalue weighted by molar-refractivity contribution is 7.99. The van der Waals surface area contributed by atoms with E-state index in [1.807, 2.05) is 18.7 Å². The van der Waals surface area contributed by atoms with E-state index in [4.69, 9.17) is 5.73 Å². The summed E-state index contributed by atoms with van der Waals surface area (Å²) in [7, 11) is 0. The molecule has 1 rings (SSSR count). The van der Waals surface area contributed by atoms with Crippen molar-refractivity contribution in [2.45, 2.75) is 69.7 Å². The van der Waals surface area contributed by atoms with E-state index in [2.05, 4.69) is 12.2 Å². The number of carbonyl (C=O) groups excluding carboxylic acids is 1. The molecule has 0 aliphatic heterocycles. The molecule has 0 heterocycles. The summed E-state index contributed by atoms with van der Waals surface area (Å²) in [6.07, 6.45) is 6.12. The lowest BCUT2D eigenvalue weighted by Gasteiger charge is -2.20. The number of carbonyl (C=O) groups is 1. The van der Waals surface area contributed by atoms with Gasteiger partial charge in [0.05, 0.1) is 0 Å². The molecule has 0 aromatic carbocycles. The third kappa shape index (κ3) is 5.77. The van der Waals surface area contributed by atoms with Crippen LogP contribution in [0.2, 0.25) is 0 Å². The Morgan fingerprint density at radius 2 is 2.29 bits per heavy atom. The van der Waals surface area contributed by atoms with Gasteiger partial charge < -0.3 is 11.1 Å². The Labute approximate surface area is 109 Å².